The second-order valence-electron chi connectivity index (χ2n) is 7.82. The zero-order chi connectivity index (χ0) is 22.1. The van der Waals surface area contributed by atoms with E-state index in [9.17, 15) is 15.2 Å². The van der Waals surface area contributed by atoms with Gasteiger partial charge >= 0.3 is 0 Å². The summed E-state index contributed by atoms with van der Waals surface area (Å²) in [5.41, 5.74) is 4.97. The van der Waals surface area contributed by atoms with Gasteiger partial charge in [0, 0.05) is 18.7 Å². The SMILES string of the molecule is Cc1cc(C#N)c(-c2cc3n(n2)C(C)CN(Cc2ccc(C#N)cc2)C3=O)c(CO)c1. The van der Waals surface area contributed by atoms with Crippen LogP contribution in [0.4, 0.5) is 0 Å². The first-order valence-corrected chi connectivity index (χ1v) is 9.98. The van der Waals surface area contributed by atoms with Gasteiger partial charge < -0.3 is 10.0 Å². The first-order chi connectivity index (χ1) is 14.9. The van der Waals surface area contributed by atoms with Gasteiger partial charge in [-0.1, -0.05) is 18.2 Å². The Morgan fingerprint density at radius 3 is 2.55 bits per heavy atom. The van der Waals surface area contributed by atoms with E-state index in [1.54, 1.807) is 33.8 Å². The quantitative estimate of drug-likeness (QED) is 0.709. The lowest BCUT2D eigenvalue weighted by atomic mass is 9.96. The number of fused-ring (bicyclic) bond motifs is 1. The molecule has 7 heteroatoms. The number of carbonyl (C=O) groups excluding carboxylic acids is 1. The van der Waals surface area contributed by atoms with E-state index < -0.39 is 0 Å². The maximum Gasteiger partial charge on any atom is 0.272 e. The molecule has 4 rings (SSSR count). The zero-order valence-electron chi connectivity index (χ0n) is 17.3. The average molecular weight is 411 g/mol. The first kappa shape index (κ1) is 20.3. The molecule has 31 heavy (non-hydrogen) atoms. The molecule has 1 unspecified atom stereocenters. The Kier molecular flexibility index (Phi) is 5.29. The van der Waals surface area contributed by atoms with E-state index in [-0.39, 0.29) is 18.6 Å². The maximum absolute atomic E-state index is 13.2. The molecule has 1 aliphatic heterocycles. The van der Waals surface area contributed by atoms with Gasteiger partial charge in [-0.05, 0) is 54.8 Å². The smallest absolute Gasteiger partial charge is 0.272 e. The predicted molar refractivity (Wildman–Crippen MR) is 114 cm³/mol. The second kappa shape index (κ2) is 8.06. The summed E-state index contributed by atoms with van der Waals surface area (Å²) in [6, 6.07) is 16.7. The molecule has 0 saturated carbocycles. The van der Waals surface area contributed by atoms with Crippen LogP contribution in [-0.4, -0.2) is 32.2 Å². The van der Waals surface area contributed by atoms with Gasteiger partial charge in [-0.25, -0.2) is 0 Å². The molecule has 1 N–H and O–H groups in total. The van der Waals surface area contributed by atoms with Gasteiger partial charge in [0.1, 0.15) is 5.69 Å². The molecular weight excluding hydrogens is 390 g/mol. The third-order valence-electron chi connectivity index (χ3n) is 5.51. The Labute approximate surface area is 180 Å². The van der Waals surface area contributed by atoms with Crippen molar-refractivity contribution in [2.75, 3.05) is 6.54 Å². The van der Waals surface area contributed by atoms with Crippen molar-refractivity contribution >= 4 is 5.91 Å². The number of aliphatic hydroxyl groups excluding tert-OH is 1. The van der Waals surface area contributed by atoms with Gasteiger partial charge in [0.15, 0.2) is 0 Å². The summed E-state index contributed by atoms with van der Waals surface area (Å²) in [4.78, 5) is 15.0. The molecule has 3 aromatic rings. The molecule has 1 atom stereocenters. The highest BCUT2D eigenvalue weighted by atomic mass is 16.3. The summed E-state index contributed by atoms with van der Waals surface area (Å²) in [7, 11) is 0. The van der Waals surface area contributed by atoms with E-state index in [0.717, 1.165) is 11.1 Å². The summed E-state index contributed by atoms with van der Waals surface area (Å²) >= 11 is 0. The third-order valence-corrected chi connectivity index (χ3v) is 5.51. The number of amides is 1. The Bertz CT molecular complexity index is 1240. The molecule has 1 aromatic heterocycles. The molecular formula is C24H21N5O2. The van der Waals surface area contributed by atoms with Crippen LogP contribution in [0.15, 0.2) is 42.5 Å². The van der Waals surface area contributed by atoms with E-state index in [1.165, 1.54) is 0 Å². The molecule has 2 heterocycles. The van der Waals surface area contributed by atoms with Crippen LogP contribution >= 0.6 is 0 Å². The average Bonchev–Trinajstić information content (AvgIpc) is 3.23. The van der Waals surface area contributed by atoms with Crippen molar-refractivity contribution < 1.29 is 9.90 Å². The summed E-state index contributed by atoms with van der Waals surface area (Å²) in [6.07, 6.45) is 0. The topological polar surface area (TPSA) is 106 Å². The summed E-state index contributed by atoms with van der Waals surface area (Å²) in [6.45, 7) is 4.58. The molecule has 0 saturated heterocycles. The number of nitriles is 2. The number of nitrogens with zero attached hydrogens (tertiary/aromatic N) is 5. The highest BCUT2D eigenvalue weighted by Gasteiger charge is 2.31. The van der Waals surface area contributed by atoms with Gasteiger partial charge in [0.2, 0.25) is 0 Å². The Balaban J connectivity index is 1.70. The van der Waals surface area contributed by atoms with E-state index >= 15 is 0 Å². The van der Waals surface area contributed by atoms with Crippen LogP contribution in [0.25, 0.3) is 11.3 Å². The Morgan fingerprint density at radius 1 is 1.16 bits per heavy atom. The maximum atomic E-state index is 13.2. The number of benzene rings is 2. The van der Waals surface area contributed by atoms with E-state index in [0.29, 0.717) is 46.7 Å². The first-order valence-electron chi connectivity index (χ1n) is 9.98. The fraction of sp³-hybridized carbons (Fsp3) is 0.250. The fourth-order valence-electron chi connectivity index (χ4n) is 4.07. The number of aromatic nitrogens is 2. The summed E-state index contributed by atoms with van der Waals surface area (Å²) in [5, 5.41) is 33.0. The normalized spacial score (nSPS) is 15.3. The standard InChI is InChI=1S/C24H21N5O2/c1-15-7-19(11-26)23(20(8-15)14-30)21-9-22-24(31)28(12-16(2)29(22)27-21)13-18-5-3-17(10-25)4-6-18/h3-9,16,30H,12-14H2,1-2H3. The molecule has 0 fully saturated rings. The highest BCUT2D eigenvalue weighted by molar-refractivity contribution is 5.95. The van der Waals surface area contributed by atoms with Crippen molar-refractivity contribution in [1.82, 2.24) is 14.7 Å². The number of carbonyl (C=O) groups is 1. The summed E-state index contributed by atoms with van der Waals surface area (Å²) < 4.78 is 1.70. The second-order valence-corrected chi connectivity index (χ2v) is 7.82. The van der Waals surface area contributed by atoms with Gasteiger partial charge in [-0.15, -0.1) is 0 Å². The number of rotatable bonds is 4. The lowest BCUT2D eigenvalue weighted by molar-refractivity contribution is 0.0651. The molecule has 7 nitrogen and oxygen atoms in total. The molecule has 1 aliphatic rings. The number of hydrogen-bond donors (Lipinski definition) is 1. The minimum absolute atomic E-state index is 0.0478. The van der Waals surface area contributed by atoms with Crippen LogP contribution in [0.3, 0.4) is 0 Å². The van der Waals surface area contributed by atoms with Crippen molar-refractivity contribution in [1.29, 1.82) is 10.5 Å². The van der Waals surface area contributed by atoms with Gasteiger partial charge in [0.25, 0.3) is 5.91 Å². The van der Waals surface area contributed by atoms with Crippen molar-refractivity contribution in [3.05, 3.63) is 76.0 Å². The molecule has 0 bridgehead atoms. The van der Waals surface area contributed by atoms with Crippen LogP contribution < -0.4 is 0 Å². The minimum atomic E-state index is -0.220. The van der Waals surface area contributed by atoms with Crippen molar-refractivity contribution in [3.63, 3.8) is 0 Å². The largest absolute Gasteiger partial charge is 0.392 e. The predicted octanol–water partition coefficient (Wildman–Crippen LogP) is 3.31. The van der Waals surface area contributed by atoms with Crippen molar-refractivity contribution in [2.45, 2.75) is 33.0 Å². The van der Waals surface area contributed by atoms with Crippen LogP contribution in [0.2, 0.25) is 0 Å². The zero-order valence-corrected chi connectivity index (χ0v) is 17.3. The fourth-order valence-corrected chi connectivity index (χ4v) is 4.07. The van der Waals surface area contributed by atoms with Crippen LogP contribution in [0, 0.1) is 29.6 Å². The molecule has 0 spiro atoms. The lowest BCUT2D eigenvalue weighted by Crippen LogP contribution is -2.41. The number of aliphatic hydroxyl groups is 1. The van der Waals surface area contributed by atoms with Crippen molar-refractivity contribution in [2.24, 2.45) is 0 Å². The van der Waals surface area contributed by atoms with E-state index in [1.807, 2.05) is 32.0 Å². The third kappa shape index (κ3) is 3.68. The molecule has 154 valence electrons. The van der Waals surface area contributed by atoms with Crippen LogP contribution in [-0.2, 0) is 13.2 Å². The number of hydrogen-bond acceptors (Lipinski definition) is 5. The van der Waals surface area contributed by atoms with Crippen LogP contribution in [0.5, 0.6) is 0 Å². The van der Waals surface area contributed by atoms with Gasteiger partial charge in [-0.3, -0.25) is 9.48 Å². The number of aryl methyl sites for hydroxylation is 1. The highest BCUT2D eigenvalue weighted by Crippen LogP contribution is 2.32. The van der Waals surface area contributed by atoms with Crippen molar-refractivity contribution in [3.8, 4) is 23.4 Å². The Morgan fingerprint density at radius 2 is 1.90 bits per heavy atom. The van der Waals surface area contributed by atoms with E-state index in [2.05, 4.69) is 17.2 Å². The molecule has 0 aliphatic carbocycles. The van der Waals surface area contributed by atoms with Gasteiger partial charge in [-0.2, -0.15) is 15.6 Å². The lowest BCUT2D eigenvalue weighted by Gasteiger charge is -2.31. The molecule has 0 radical (unpaired) electrons. The van der Waals surface area contributed by atoms with Crippen LogP contribution in [0.1, 0.15) is 51.3 Å². The van der Waals surface area contributed by atoms with E-state index in [4.69, 9.17) is 5.26 Å². The Hall–Kier alpha value is -3.94. The monoisotopic (exact) mass is 411 g/mol. The molecule has 2 aromatic carbocycles. The minimum Gasteiger partial charge on any atom is -0.392 e. The van der Waals surface area contributed by atoms with Gasteiger partial charge in [0.05, 0.1) is 41.6 Å². The summed E-state index contributed by atoms with van der Waals surface area (Å²) in [5.74, 6) is -0.141. The molecule has 1 amide bonds.